The number of primary amides is 1. The smallest absolute Gasteiger partial charge is 0.259 e. The van der Waals surface area contributed by atoms with E-state index in [-0.39, 0.29) is 18.8 Å². The molecule has 0 aliphatic rings. The maximum atomic E-state index is 13.0. The van der Waals surface area contributed by atoms with Gasteiger partial charge in [0.15, 0.2) is 22.9 Å². The first kappa shape index (κ1) is 23.8. The summed E-state index contributed by atoms with van der Waals surface area (Å²) in [5.74, 6) is 0.268. The number of carbonyl (C=O) groups is 2. The van der Waals surface area contributed by atoms with Crippen LogP contribution in [0.3, 0.4) is 0 Å². The van der Waals surface area contributed by atoms with E-state index in [0.717, 1.165) is 0 Å². The summed E-state index contributed by atoms with van der Waals surface area (Å²) in [5.41, 5.74) is 5.89. The maximum absolute atomic E-state index is 13.0. The van der Waals surface area contributed by atoms with E-state index in [1.165, 1.54) is 21.3 Å². The molecule has 33 heavy (non-hydrogen) atoms. The highest BCUT2D eigenvalue weighted by Gasteiger charge is 2.41. The zero-order valence-electron chi connectivity index (χ0n) is 18.9. The molecule has 0 unspecified atom stereocenters. The molecule has 7 heteroatoms. The normalized spacial score (nSPS) is 11.0. The van der Waals surface area contributed by atoms with Gasteiger partial charge in [-0.1, -0.05) is 60.7 Å². The van der Waals surface area contributed by atoms with Crippen LogP contribution in [-0.2, 0) is 15.1 Å². The van der Waals surface area contributed by atoms with Crippen LogP contribution in [0.4, 0.5) is 0 Å². The van der Waals surface area contributed by atoms with Crippen molar-refractivity contribution in [3.05, 3.63) is 89.5 Å². The number of benzene rings is 3. The van der Waals surface area contributed by atoms with E-state index in [4.69, 9.17) is 24.7 Å². The summed E-state index contributed by atoms with van der Waals surface area (Å²) in [6.07, 6.45) is 0.00728. The van der Waals surface area contributed by atoms with Crippen molar-refractivity contribution in [1.29, 1.82) is 0 Å². The van der Waals surface area contributed by atoms with E-state index < -0.39 is 11.5 Å². The van der Waals surface area contributed by atoms with Gasteiger partial charge in [-0.05, 0) is 23.3 Å². The van der Waals surface area contributed by atoms with Gasteiger partial charge < -0.3 is 24.7 Å². The Morgan fingerprint density at radius 2 is 1.27 bits per heavy atom. The lowest BCUT2D eigenvalue weighted by Gasteiger charge is -2.32. The molecule has 0 aliphatic carbocycles. The molecule has 3 aromatic carbocycles. The summed E-state index contributed by atoms with van der Waals surface area (Å²) in [4.78, 5) is 25.7. The molecule has 0 bridgehead atoms. The van der Waals surface area contributed by atoms with Gasteiger partial charge in [0, 0.05) is 12.0 Å². The van der Waals surface area contributed by atoms with Crippen molar-refractivity contribution in [3.63, 3.8) is 0 Å². The zero-order chi connectivity index (χ0) is 23.8. The van der Waals surface area contributed by atoms with Gasteiger partial charge in [0.25, 0.3) is 5.91 Å². The third-order valence-electron chi connectivity index (χ3n) is 5.34. The van der Waals surface area contributed by atoms with Crippen molar-refractivity contribution in [1.82, 2.24) is 0 Å². The highest BCUT2D eigenvalue weighted by molar-refractivity contribution is 5.97. The van der Waals surface area contributed by atoms with Crippen LogP contribution in [-0.4, -0.2) is 39.6 Å². The Hall–Kier alpha value is -3.84. The number of nitrogens with two attached hydrogens (primary N) is 1. The number of Topliss-reactive ketones (excluding diaryl/α,β-unsaturated/α-hetero) is 1. The Balaban J connectivity index is 1.88. The number of methoxy groups -OCH3 is 3. The maximum Gasteiger partial charge on any atom is 0.259 e. The molecule has 172 valence electrons. The molecule has 0 aliphatic heterocycles. The lowest BCUT2D eigenvalue weighted by Crippen LogP contribution is -2.45. The van der Waals surface area contributed by atoms with E-state index in [1.54, 1.807) is 60.7 Å². The third kappa shape index (κ3) is 4.83. The van der Waals surface area contributed by atoms with E-state index in [0.29, 0.717) is 33.9 Å². The molecular weight excluding hydrogens is 422 g/mol. The molecule has 3 aromatic rings. The second kappa shape index (κ2) is 10.7. The van der Waals surface area contributed by atoms with Gasteiger partial charge in [-0.2, -0.15) is 0 Å². The molecule has 7 nitrogen and oxygen atoms in total. The number of ether oxygens (including phenoxy) is 4. The lowest BCUT2D eigenvalue weighted by atomic mass is 9.85. The monoisotopic (exact) mass is 449 g/mol. The zero-order valence-corrected chi connectivity index (χ0v) is 18.9. The van der Waals surface area contributed by atoms with Gasteiger partial charge >= 0.3 is 0 Å². The van der Waals surface area contributed by atoms with E-state index >= 15 is 0 Å². The third-order valence-corrected chi connectivity index (χ3v) is 5.34. The Labute approximate surface area is 193 Å². The van der Waals surface area contributed by atoms with Crippen LogP contribution in [0.1, 0.15) is 27.9 Å². The summed E-state index contributed by atoms with van der Waals surface area (Å²) in [6, 6.07) is 21.2. The highest BCUT2D eigenvalue weighted by atomic mass is 16.5. The average molecular weight is 450 g/mol. The van der Waals surface area contributed by atoms with Crippen LogP contribution >= 0.6 is 0 Å². The number of hydrogen-bond donors (Lipinski definition) is 1. The molecule has 2 N–H and O–H groups in total. The molecule has 3 rings (SSSR count). The Morgan fingerprint density at radius 3 is 1.67 bits per heavy atom. The van der Waals surface area contributed by atoms with Gasteiger partial charge in [0.1, 0.15) is 0 Å². The van der Waals surface area contributed by atoms with Crippen molar-refractivity contribution in [2.45, 2.75) is 12.0 Å². The fourth-order valence-corrected chi connectivity index (χ4v) is 3.72. The van der Waals surface area contributed by atoms with Crippen molar-refractivity contribution in [2.24, 2.45) is 5.73 Å². The molecule has 0 radical (unpaired) electrons. The molecule has 0 atom stereocenters. The second-order valence-corrected chi connectivity index (χ2v) is 7.21. The van der Waals surface area contributed by atoms with Crippen LogP contribution in [0.15, 0.2) is 72.8 Å². The predicted molar refractivity (Wildman–Crippen MR) is 124 cm³/mol. The topological polar surface area (TPSA) is 97.1 Å². The number of ketones is 1. The van der Waals surface area contributed by atoms with Crippen molar-refractivity contribution in [2.75, 3.05) is 27.9 Å². The Bertz CT molecular complexity index is 1030. The van der Waals surface area contributed by atoms with Gasteiger partial charge in [-0.15, -0.1) is 0 Å². The quantitative estimate of drug-likeness (QED) is 0.448. The number of carbonyl (C=O) groups excluding carboxylic acids is 2. The van der Waals surface area contributed by atoms with Gasteiger partial charge in [0.2, 0.25) is 5.75 Å². The largest absolute Gasteiger partial charge is 0.493 e. The van der Waals surface area contributed by atoms with Crippen LogP contribution in [0.25, 0.3) is 0 Å². The van der Waals surface area contributed by atoms with Crippen molar-refractivity contribution < 1.29 is 28.5 Å². The molecule has 1 amide bonds. The van der Waals surface area contributed by atoms with Gasteiger partial charge in [-0.25, -0.2) is 0 Å². The Morgan fingerprint density at radius 1 is 0.788 bits per heavy atom. The number of rotatable bonds is 11. The van der Waals surface area contributed by atoms with E-state index in [1.807, 2.05) is 12.1 Å². The number of hydrogen-bond acceptors (Lipinski definition) is 6. The van der Waals surface area contributed by atoms with E-state index in [9.17, 15) is 9.59 Å². The van der Waals surface area contributed by atoms with Crippen LogP contribution in [0.2, 0.25) is 0 Å². The standard InChI is InChI=1S/C26H27NO6/c1-30-22-16-18(17-23(31-2)24(22)32-3)21(28)14-15-33-26(25(27)29,19-10-6-4-7-11-19)20-12-8-5-9-13-20/h4-13,16-17H,14-15H2,1-3H3,(H2,27,29). The minimum Gasteiger partial charge on any atom is -0.493 e. The Kier molecular flexibility index (Phi) is 7.69. The fraction of sp³-hybridized carbons (Fsp3) is 0.231. The molecule has 0 saturated heterocycles. The number of amides is 1. The molecule has 0 saturated carbocycles. The van der Waals surface area contributed by atoms with Crippen LogP contribution in [0.5, 0.6) is 17.2 Å². The average Bonchev–Trinajstić information content (AvgIpc) is 2.86. The SMILES string of the molecule is COc1cc(C(=O)CCOC(C(N)=O)(c2ccccc2)c2ccccc2)cc(OC)c1OC. The summed E-state index contributed by atoms with van der Waals surface area (Å²) in [5, 5.41) is 0. The summed E-state index contributed by atoms with van der Waals surface area (Å²) in [7, 11) is 4.46. The minimum absolute atomic E-state index is 0.00728. The molecule has 0 heterocycles. The van der Waals surface area contributed by atoms with Gasteiger partial charge in [0.05, 0.1) is 27.9 Å². The van der Waals surface area contributed by atoms with Crippen LogP contribution < -0.4 is 19.9 Å². The molecule has 0 spiro atoms. The van der Waals surface area contributed by atoms with Gasteiger partial charge in [-0.3, -0.25) is 9.59 Å². The fourth-order valence-electron chi connectivity index (χ4n) is 3.72. The second-order valence-electron chi connectivity index (χ2n) is 7.21. The van der Waals surface area contributed by atoms with Crippen molar-refractivity contribution >= 4 is 11.7 Å². The minimum atomic E-state index is -1.53. The first-order valence-electron chi connectivity index (χ1n) is 10.4. The first-order valence-corrected chi connectivity index (χ1v) is 10.4. The summed E-state index contributed by atoms with van der Waals surface area (Å²) in [6.45, 7) is -0.0395. The molecule has 0 aromatic heterocycles. The van der Waals surface area contributed by atoms with E-state index in [2.05, 4.69) is 0 Å². The first-order chi connectivity index (χ1) is 16.0. The lowest BCUT2D eigenvalue weighted by molar-refractivity contribution is -0.139. The predicted octanol–water partition coefficient (Wildman–Crippen LogP) is 3.73. The summed E-state index contributed by atoms with van der Waals surface area (Å²) >= 11 is 0. The highest BCUT2D eigenvalue weighted by Crippen LogP contribution is 2.39. The molecular formula is C26H27NO6. The van der Waals surface area contributed by atoms with Crippen LogP contribution in [0, 0.1) is 0 Å². The summed E-state index contributed by atoms with van der Waals surface area (Å²) < 4.78 is 22.1. The molecule has 0 fully saturated rings. The van der Waals surface area contributed by atoms with Crippen molar-refractivity contribution in [3.8, 4) is 17.2 Å².